The maximum atomic E-state index is 8.42. The van der Waals surface area contributed by atoms with E-state index in [4.69, 9.17) is 2.85 Å². The molecule has 0 radical (unpaired) electrons. The van der Waals surface area contributed by atoms with E-state index in [9.17, 15) is 0 Å². The van der Waals surface area contributed by atoms with E-state index in [2.05, 4.69) is 0 Å². The number of hydrogen-bond donors (Lipinski definition) is 0. The minimum absolute atomic E-state index is 0. The summed E-state index contributed by atoms with van der Waals surface area (Å²) in [5.41, 5.74) is 0. The molecule has 0 N–H and O–H groups in total. The van der Waals surface area contributed by atoms with Gasteiger partial charge in [0.25, 0.3) is 0 Å². The van der Waals surface area contributed by atoms with Gasteiger partial charge in [-0.1, -0.05) is 0 Å². The summed E-state index contributed by atoms with van der Waals surface area (Å²) in [7, 11) is 0. The van der Waals surface area contributed by atoms with E-state index in [1.165, 1.54) is 0 Å². The summed E-state index contributed by atoms with van der Waals surface area (Å²) in [6, 6.07) is 0. The second kappa shape index (κ2) is 19.1. The molecule has 0 heterocycles. The SMILES string of the molecule is [GaH3].[Hf].[O]=[InH]. The summed E-state index contributed by atoms with van der Waals surface area (Å²) >= 11 is -0.1000. The van der Waals surface area contributed by atoms with Gasteiger partial charge in [-0.3, -0.25) is 0 Å². The van der Waals surface area contributed by atoms with E-state index in [1.807, 2.05) is 0 Å². The van der Waals surface area contributed by atoms with E-state index < -0.39 is 0 Å². The Morgan fingerprint density at radius 3 is 1.25 bits per heavy atom. The molecule has 1 nitrogen and oxygen atoms in total. The van der Waals surface area contributed by atoms with Gasteiger partial charge in [-0.15, -0.1) is 0 Å². The zero-order chi connectivity index (χ0) is 2.00. The van der Waals surface area contributed by atoms with Crippen molar-refractivity contribution >= 4 is 44.2 Å². The normalized spacial score (nSPS) is 0.750. The number of rotatable bonds is 0. The summed E-state index contributed by atoms with van der Waals surface area (Å²) in [6.07, 6.45) is 0. The molecule has 0 bridgehead atoms. The first kappa shape index (κ1) is 16.4. The van der Waals surface area contributed by atoms with Gasteiger partial charge in [0.05, 0.1) is 0 Å². The average Bonchev–Trinajstić information content (AvgIpc) is 1.00. The Hall–Kier alpha value is 2.18. The van der Waals surface area contributed by atoms with Crippen molar-refractivity contribution in [2.75, 3.05) is 0 Å². The summed E-state index contributed by atoms with van der Waals surface area (Å²) in [6.45, 7) is 0. The van der Waals surface area contributed by atoms with Gasteiger partial charge in [0.1, 0.15) is 0 Å². The van der Waals surface area contributed by atoms with Crippen LogP contribution in [0.5, 0.6) is 0 Å². The fraction of sp³-hybridized carbons (Fsp3) is 0. The molecule has 0 unspecified atom stereocenters. The van der Waals surface area contributed by atoms with Gasteiger partial charge in [-0.25, -0.2) is 0 Å². The predicted octanol–water partition coefficient (Wildman–Crippen LogP) is -1.95. The molecule has 0 fully saturated rings. The van der Waals surface area contributed by atoms with Crippen molar-refractivity contribution in [1.29, 1.82) is 0 Å². The zero-order valence-corrected chi connectivity index (χ0v) is 9.24. The van der Waals surface area contributed by atoms with Gasteiger partial charge in [0, 0.05) is 25.8 Å². The molecule has 0 aromatic carbocycles. The second-order valence-electron chi connectivity index (χ2n) is 0. The van der Waals surface area contributed by atoms with E-state index in [0.29, 0.717) is 0 Å². The standard InChI is InChI=1S/Ga.Hf.In.O.4H. The fourth-order valence-corrected chi connectivity index (χ4v) is 0. The summed E-state index contributed by atoms with van der Waals surface area (Å²) in [5.74, 6) is 0. The topological polar surface area (TPSA) is 17.1 Å². The third kappa shape index (κ3) is 8.90. The molecular formula is H4GaHfInO. The summed E-state index contributed by atoms with van der Waals surface area (Å²) in [4.78, 5) is 0. The molecule has 4 heteroatoms. The zero-order valence-electron chi connectivity index (χ0n) is 1.62. The van der Waals surface area contributed by atoms with Gasteiger partial charge in [0.2, 0.25) is 0 Å². The van der Waals surface area contributed by atoms with Crippen molar-refractivity contribution in [2.45, 2.75) is 0 Å². The van der Waals surface area contributed by atoms with Crippen LogP contribution < -0.4 is 0 Å². The molecule has 0 aliphatic heterocycles. The molecule has 0 amide bonds. The first-order valence-corrected chi connectivity index (χ1v) is 1.94. The molecule has 0 aromatic heterocycles. The second-order valence-corrected chi connectivity index (χ2v) is 0. The van der Waals surface area contributed by atoms with Gasteiger partial charge in [-0.2, -0.15) is 0 Å². The Bertz CT molecular complexity index is 8.00. The van der Waals surface area contributed by atoms with Crippen molar-refractivity contribution in [3.8, 4) is 0 Å². The van der Waals surface area contributed by atoms with Crippen molar-refractivity contribution < 1.29 is 28.7 Å². The van der Waals surface area contributed by atoms with Crippen LogP contribution in [0.25, 0.3) is 0 Å². The van der Waals surface area contributed by atoms with Crippen LogP contribution in [0.3, 0.4) is 0 Å². The molecule has 0 spiro atoms. The Morgan fingerprint density at radius 1 is 1.25 bits per heavy atom. The fourth-order valence-electron chi connectivity index (χ4n) is 0. The van der Waals surface area contributed by atoms with E-state index in [0.717, 1.165) is 0 Å². The molecule has 0 aliphatic rings. The Morgan fingerprint density at radius 2 is 1.25 bits per heavy atom. The van der Waals surface area contributed by atoms with E-state index >= 15 is 0 Å². The van der Waals surface area contributed by atoms with E-state index in [-0.39, 0.29) is 70.0 Å². The summed E-state index contributed by atoms with van der Waals surface area (Å²) in [5, 5.41) is 0. The Balaban J connectivity index is -0.00000000500. The molecule has 0 rings (SSSR count). The van der Waals surface area contributed by atoms with Gasteiger partial charge in [0.15, 0.2) is 0 Å². The molecule has 0 aliphatic carbocycles. The van der Waals surface area contributed by atoms with Crippen molar-refractivity contribution in [1.82, 2.24) is 0 Å². The van der Waals surface area contributed by atoms with Crippen LogP contribution in [0.1, 0.15) is 0 Å². The van der Waals surface area contributed by atoms with Crippen LogP contribution in [0, 0.1) is 0 Å². The third-order valence-electron chi connectivity index (χ3n) is 0. The average molecular weight is 383 g/mol. The van der Waals surface area contributed by atoms with Crippen LogP contribution in [0.4, 0.5) is 0 Å². The number of hydrogen-bond acceptors (Lipinski definition) is 1. The molecular weight excluding hydrogens is 379 g/mol. The van der Waals surface area contributed by atoms with Crippen LogP contribution >= 0.6 is 0 Å². The van der Waals surface area contributed by atoms with Crippen LogP contribution in [0.2, 0.25) is 0 Å². The molecule has 0 saturated carbocycles. The molecule has 20 valence electrons. The van der Waals surface area contributed by atoms with Crippen molar-refractivity contribution in [3.63, 3.8) is 0 Å². The monoisotopic (exact) mass is 384 g/mol. The van der Waals surface area contributed by atoms with Crippen molar-refractivity contribution in [3.05, 3.63) is 0 Å². The molecule has 0 aromatic rings. The minimum atomic E-state index is -0.1000. The molecule has 0 saturated heterocycles. The van der Waals surface area contributed by atoms with Crippen LogP contribution in [0.15, 0.2) is 0 Å². The first-order valence-electron chi connectivity index (χ1n) is 0.289. The van der Waals surface area contributed by atoms with E-state index in [1.54, 1.807) is 0 Å². The maximum absolute atomic E-state index is 8.42. The quantitative estimate of drug-likeness (QED) is 0.445. The first-order chi connectivity index (χ1) is 1.00. The molecule has 0 atom stereocenters. The van der Waals surface area contributed by atoms with Gasteiger partial charge in [-0.05, 0) is 0 Å². The Kier molecular flexibility index (Phi) is 78.2. The van der Waals surface area contributed by atoms with Crippen molar-refractivity contribution in [2.24, 2.45) is 0 Å². The summed E-state index contributed by atoms with van der Waals surface area (Å²) < 4.78 is 8.42. The van der Waals surface area contributed by atoms with Crippen LogP contribution in [-0.4, -0.2) is 44.2 Å². The predicted molar refractivity (Wildman–Crippen MR) is 17.8 cm³/mol. The Labute approximate surface area is 71.8 Å². The van der Waals surface area contributed by atoms with Gasteiger partial charge < -0.3 is 0 Å². The third-order valence-corrected chi connectivity index (χ3v) is 0. The molecule has 4 heavy (non-hydrogen) atoms. The van der Waals surface area contributed by atoms with Crippen LogP contribution in [-0.2, 0) is 28.7 Å². The van der Waals surface area contributed by atoms with Gasteiger partial charge >= 0.3 is 47.0 Å².